The summed E-state index contributed by atoms with van der Waals surface area (Å²) in [4.78, 5) is 2.29. The molecular weight excluding hydrogens is 350 g/mol. The van der Waals surface area contributed by atoms with E-state index in [-0.39, 0.29) is 0 Å². The third kappa shape index (κ3) is 2.95. The molecule has 8 heteroatoms. The zero-order valence-corrected chi connectivity index (χ0v) is 13.8. The second-order valence-corrected chi connectivity index (χ2v) is 6.82. The van der Waals surface area contributed by atoms with Gasteiger partial charge in [-0.1, -0.05) is 0 Å². The van der Waals surface area contributed by atoms with Gasteiger partial charge in [-0.15, -0.1) is 10.2 Å². The summed E-state index contributed by atoms with van der Waals surface area (Å²) in [6.45, 7) is 4.21. The van der Waals surface area contributed by atoms with E-state index in [2.05, 4.69) is 36.1 Å². The van der Waals surface area contributed by atoms with Gasteiger partial charge in [0.25, 0.3) is 0 Å². The lowest BCUT2D eigenvalue weighted by atomic mass is 10.0. The normalized spacial score (nSPS) is 21.1. The molecule has 0 spiro atoms. The van der Waals surface area contributed by atoms with Crippen molar-refractivity contribution in [2.45, 2.75) is 31.3 Å². The van der Waals surface area contributed by atoms with Crippen LogP contribution in [-0.4, -0.2) is 51.2 Å². The number of nitrogens with zero attached hydrogens (tertiary/aromatic N) is 5. The predicted octanol–water partition coefficient (Wildman–Crippen LogP) is 1.98. The molecule has 0 amide bonds. The van der Waals surface area contributed by atoms with E-state index in [1.54, 1.807) is 0 Å². The SMILES string of the molecule is Brc1cnn(C2CN(Cc3nnc(C4CCOCC4)o3)C2)c1. The van der Waals surface area contributed by atoms with Crippen LogP contribution in [0, 0.1) is 0 Å². The fourth-order valence-electron chi connectivity index (χ4n) is 2.98. The molecule has 0 aromatic carbocycles. The average Bonchev–Trinajstić information content (AvgIpc) is 3.12. The molecule has 0 aliphatic carbocycles. The lowest BCUT2D eigenvalue weighted by molar-refractivity contribution is 0.0732. The van der Waals surface area contributed by atoms with Gasteiger partial charge < -0.3 is 9.15 Å². The molecule has 0 saturated carbocycles. The Morgan fingerprint density at radius 1 is 1.23 bits per heavy atom. The van der Waals surface area contributed by atoms with E-state index in [1.165, 1.54) is 0 Å². The fraction of sp³-hybridized carbons (Fsp3) is 0.643. The second-order valence-electron chi connectivity index (χ2n) is 5.91. The van der Waals surface area contributed by atoms with Gasteiger partial charge in [-0.25, -0.2) is 0 Å². The summed E-state index contributed by atoms with van der Waals surface area (Å²) in [6, 6.07) is 0.434. The molecule has 7 nitrogen and oxygen atoms in total. The van der Waals surface area contributed by atoms with E-state index >= 15 is 0 Å². The van der Waals surface area contributed by atoms with Crippen molar-refractivity contribution in [2.24, 2.45) is 0 Å². The average molecular weight is 368 g/mol. The smallest absolute Gasteiger partial charge is 0.230 e. The first-order chi connectivity index (χ1) is 10.8. The monoisotopic (exact) mass is 367 g/mol. The maximum Gasteiger partial charge on any atom is 0.230 e. The Hall–Kier alpha value is -1.25. The van der Waals surface area contributed by atoms with Crippen molar-refractivity contribution in [2.75, 3.05) is 26.3 Å². The number of ether oxygens (including phenoxy) is 1. The summed E-state index contributed by atoms with van der Waals surface area (Å²) >= 11 is 3.42. The summed E-state index contributed by atoms with van der Waals surface area (Å²) in [5.41, 5.74) is 0. The van der Waals surface area contributed by atoms with E-state index in [4.69, 9.17) is 9.15 Å². The molecule has 0 radical (unpaired) electrons. The molecule has 0 unspecified atom stereocenters. The third-order valence-corrected chi connectivity index (χ3v) is 4.70. The molecule has 0 bridgehead atoms. The number of hydrogen-bond acceptors (Lipinski definition) is 6. The second kappa shape index (κ2) is 6.10. The third-order valence-electron chi connectivity index (χ3n) is 4.29. The molecule has 2 fully saturated rings. The molecule has 2 aliphatic heterocycles. The van der Waals surface area contributed by atoms with Crippen LogP contribution in [0.15, 0.2) is 21.3 Å². The molecule has 2 aromatic heterocycles. The lowest BCUT2D eigenvalue weighted by Crippen LogP contribution is -2.47. The van der Waals surface area contributed by atoms with Crippen molar-refractivity contribution < 1.29 is 9.15 Å². The minimum Gasteiger partial charge on any atom is -0.424 e. The molecule has 4 rings (SSSR count). The van der Waals surface area contributed by atoms with Crippen molar-refractivity contribution >= 4 is 15.9 Å². The first kappa shape index (κ1) is 14.3. The van der Waals surface area contributed by atoms with Crippen molar-refractivity contribution in [1.29, 1.82) is 0 Å². The topological polar surface area (TPSA) is 69.2 Å². The molecular formula is C14H18BrN5O2. The quantitative estimate of drug-likeness (QED) is 0.822. The summed E-state index contributed by atoms with van der Waals surface area (Å²) < 4.78 is 14.2. The van der Waals surface area contributed by atoms with Crippen LogP contribution in [0.3, 0.4) is 0 Å². The first-order valence-corrected chi connectivity index (χ1v) is 8.39. The van der Waals surface area contributed by atoms with Gasteiger partial charge in [0.1, 0.15) is 0 Å². The summed E-state index contributed by atoms with van der Waals surface area (Å²) in [6.07, 6.45) is 5.78. The number of hydrogen-bond donors (Lipinski definition) is 0. The molecule has 4 heterocycles. The fourth-order valence-corrected chi connectivity index (χ4v) is 3.29. The van der Waals surface area contributed by atoms with Crippen molar-refractivity contribution in [3.05, 3.63) is 28.6 Å². The Morgan fingerprint density at radius 3 is 2.77 bits per heavy atom. The molecule has 2 aliphatic rings. The van der Waals surface area contributed by atoms with Crippen LogP contribution in [0.5, 0.6) is 0 Å². The molecule has 0 atom stereocenters. The zero-order valence-electron chi connectivity index (χ0n) is 12.2. The van der Waals surface area contributed by atoms with Gasteiger partial charge in [0.2, 0.25) is 11.8 Å². The van der Waals surface area contributed by atoms with Gasteiger partial charge in [-0.3, -0.25) is 9.58 Å². The van der Waals surface area contributed by atoms with Crippen molar-refractivity contribution in [1.82, 2.24) is 24.9 Å². The Bertz CT molecular complexity index is 631. The number of likely N-dealkylation sites (tertiary alicyclic amines) is 1. The Balaban J connectivity index is 1.30. The van der Waals surface area contributed by atoms with Gasteiger partial charge in [-0.2, -0.15) is 5.10 Å². The van der Waals surface area contributed by atoms with Gasteiger partial charge >= 0.3 is 0 Å². The van der Waals surface area contributed by atoms with Crippen LogP contribution in [-0.2, 0) is 11.3 Å². The highest BCUT2D eigenvalue weighted by molar-refractivity contribution is 9.10. The summed E-state index contributed by atoms with van der Waals surface area (Å²) in [5, 5.41) is 12.7. The van der Waals surface area contributed by atoms with Gasteiger partial charge in [0.15, 0.2) is 0 Å². The number of halogens is 1. The maximum absolute atomic E-state index is 5.83. The Kier molecular flexibility index (Phi) is 3.98. The maximum atomic E-state index is 5.83. The predicted molar refractivity (Wildman–Crippen MR) is 81.3 cm³/mol. The van der Waals surface area contributed by atoms with Crippen LogP contribution in [0.25, 0.3) is 0 Å². The minimum absolute atomic E-state index is 0.362. The van der Waals surface area contributed by atoms with Crippen LogP contribution in [0.4, 0.5) is 0 Å². The molecule has 2 saturated heterocycles. The van der Waals surface area contributed by atoms with Crippen molar-refractivity contribution in [3.63, 3.8) is 0 Å². The summed E-state index contributed by atoms with van der Waals surface area (Å²) in [5.74, 6) is 1.84. The van der Waals surface area contributed by atoms with Crippen LogP contribution >= 0.6 is 15.9 Å². The molecule has 22 heavy (non-hydrogen) atoms. The minimum atomic E-state index is 0.362. The lowest BCUT2D eigenvalue weighted by Gasteiger charge is -2.38. The van der Waals surface area contributed by atoms with Crippen molar-refractivity contribution in [3.8, 4) is 0 Å². The van der Waals surface area contributed by atoms with E-state index in [1.807, 2.05) is 17.1 Å². The molecule has 118 valence electrons. The van der Waals surface area contributed by atoms with Crippen LogP contribution < -0.4 is 0 Å². The summed E-state index contributed by atoms with van der Waals surface area (Å²) in [7, 11) is 0. The largest absolute Gasteiger partial charge is 0.424 e. The molecule has 2 aromatic rings. The highest BCUT2D eigenvalue weighted by Crippen LogP contribution is 2.27. The highest BCUT2D eigenvalue weighted by Gasteiger charge is 2.30. The molecule has 0 N–H and O–H groups in total. The van der Waals surface area contributed by atoms with Gasteiger partial charge in [0, 0.05) is 38.4 Å². The van der Waals surface area contributed by atoms with E-state index in [0.717, 1.165) is 56.1 Å². The number of aromatic nitrogens is 4. The Labute approximate surface area is 136 Å². The highest BCUT2D eigenvalue weighted by atomic mass is 79.9. The van der Waals surface area contributed by atoms with Gasteiger partial charge in [0.05, 0.1) is 23.3 Å². The Morgan fingerprint density at radius 2 is 2.05 bits per heavy atom. The van der Waals surface area contributed by atoms with E-state index < -0.39 is 0 Å². The van der Waals surface area contributed by atoms with Gasteiger partial charge in [-0.05, 0) is 28.8 Å². The van der Waals surface area contributed by atoms with Crippen LogP contribution in [0.2, 0.25) is 0 Å². The number of rotatable bonds is 4. The van der Waals surface area contributed by atoms with E-state index in [0.29, 0.717) is 17.9 Å². The first-order valence-electron chi connectivity index (χ1n) is 7.60. The zero-order chi connectivity index (χ0) is 14.9. The van der Waals surface area contributed by atoms with E-state index in [9.17, 15) is 0 Å². The standard InChI is InChI=1S/C14H18BrN5O2/c15-11-5-16-20(6-11)12-7-19(8-12)9-13-17-18-14(22-13)10-1-3-21-4-2-10/h5-6,10,12H,1-4,7-9H2. The van der Waals surface area contributed by atoms with Crippen LogP contribution in [0.1, 0.15) is 36.6 Å².